The lowest BCUT2D eigenvalue weighted by Crippen LogP contribution is -2.19. The molecule has 0 saturated carbocycles. The first-order valence-corrected chi connectivity index (χ1v) is 10.8. The molecular formula is C28H23N3O4. The molecule has 0 aliphatic rings. The van der Waals surface area contributed by atoms with Gasteiger partial charge in [-0.1, -0.05) is 24.3 Å². The Balaban J connectivity index is 1.31. The van der Waals surface area contributed by atoms with E-state index in [4.69, 9.17) is 9.47 Å². The normalized spacial score (nSPS) is 11.0. The number of nitrogens with one attached hydrogen (secondary N) is 1. The Hall–Kier alpha value is -4.91. The number of aromatic nitrogens is 1. The van der Waals surface area contributed by atoms with Crippen molar-refractivity contribution in [2.45, 2.75) is 0 Å². The number of hydrogen-bond acceptors (Lipinski definition) is 5. The summed E-state index contributed by atoms with van der Waals surface area (Å²) in [6.07, 6.45) is 8.29. The lowest BCUT2D eigenvalue weighted by Gasteiger charge is -2.09. The zero-order chi connectivity index (χ0) is 24.5. The van der Waals surface area contributed by atoms with E-state index < -0.39 is 5.97 Å². The van der Waals surface area contributed by atoms with Gasteiger partial charge in [-0.25, -0.2) is 10.2 Å². The summed E-state index contributed by atoms with van der Waals surface area (Å²) in [4.78, 5) is 24.7. The van der Waals surface area contributed by atoms with E-state index in [1.807, 2.05) is 65.5 Å². The fourth-order valence-electron chi connectivity index (χ4n) is 3.26. The Morgan fingerprint density at radius 2 is 1.49 bits per heavy atom. The first-order valence-electron chi connectivity index (χ1n) is 10.8. The monoisotopic (exact) mass is 465 g/mol. The summed E-state index contributed by atoms with van der Waals surface area (Å²) in [6.45, 7) is 0. The second-order valence-electron chi connectivity index (χ2n) is 7.40. The molecule has 1 N–H and O–H groups in total. The number of benzene rings is 3. The van der Waals surface area contributed by atoms with Crippen molar-refractivity contribution in [1.82, 2.24) is 9.99 Å². The van der Waals surface area contributed by atoms with Gasteiger partial charge in [-0.2, -0.15) is 5.10 Å². The van der Waals surface area contributed by atoms with Crippen molar-refractivity contribution in [3.05, 3.63) is 120 Å². The molecule has 0 bridgehead atoms. The van der Waals surface area contributed by atoms with Crippen LogP contribution in [0.5, 0.6) is 11.5 Å². The standard InChI is InChI=1S/C28H23N3O4/c1-34-23-13-8-21(9-14-23)12-17-27(32)35-24-15-10-22(11-16-24)20-29-30-28(33)25-6-2-3-7-26(25)31-18-4-5-19-31/h2-20H,1H3,(H,30,33)/b17-12+,29-20-. The number of carbonyl (C=O) groups is 2. The molecular weight excluding hydrogens is 442 g/mol. The quantitative estimate of drug-likeness (QED) is 0.132. The van der Waals surface area contributed by atoms with E-state index in [9.17, 15) is 9.59 Å². The minimum Gasteiger partial charge on any atom is -0.497 e. The largest absolute Gasteiger partial charge is 0.497 e. The van der Waals surface area contributed by atoms with Crippen LogP contribution in [0.3, 0.4) is 0 Å². The summed E-state index contributed by atoms with van der Waals surface area (Å²) < 4.78 is 12.3. The van der Waals surface area contributed by atoms with Crippen LogP contribution in [0.2, 0.25) is 0 Å². The van der Waals surface area contributed by atoms with Gasteiger partial charge < -0.3 is 14.0 Å². The highest BCUT2D eigenvalue weighted by Crippen LogP contribution is 2.16. The van der Waals surface area contributed by atoms with Crippen LogP contribution in [0, 0.1) is 0 Å². The zero-order valence-electron chi connectivity index (χ0n) is 19.0. The third-order valence-electron chi connectivity index (χ3n) is 5.04. The molecule has 4 rings (SSSR count). The maximum absolute atomic E-state index is 12.6. The van der Waals surface area contributed by atoms with Crippen molar-refractivity contribution in [3.8, 4) is 17.2 Å². The molecule has 0 radical (unpaired) electrons. The second-order valence-corrected chi connectivity index (χ2v) is 7.40. The maximum Gasteiger partial charge on any atom is 0.336 e. The Kier molecular flexibility index (Phi) is 7.50. The summed E-state index contributed by atoms with van der Waals surface area (Å²) in [5.41, 5.74) is 5.41. The van der Waals surface area contributed by atoms with Gasteiger partial charge in [-0.15, -0.1) is 0 Å². The van der Waals surface area contributed by atoms with E-state index in [1.165, 1.54) is 12.3 Å². The molecule has 7 nitrogen and oxygen atoms in total. The SMILES string of the molecule is COc1ccc(/C=C/C(=O)Oc2ccc(/C=N\NC(=O)c3ccccc3-n3cccc3)cc2)cc1. The van der Waals surface area contributed by atoms with Crippen LogP contribution in [0.25, 0.3) is 11.8 Å². The average Bonchev–Trinajstić information content (AvgIpc) is 3.44. The van der Waals surface area contributed by atoms with Crippen LogP contribution in [0.1, 0.15) is 21.5 Å². The molecule has 0 saturated heterocycles. The van der Waals surface area contributed by atoms with E-state index in [0.717, 1.165) is 22.6 Å². The number of rotatable bonds is 8. The molecule has 1 heterocycles. The molecule has 3 aromatic carbocycles. The first-order chi connectivity index (χ1) is 17.1. The fourth-order valence-corrected chi connectivity index (χ4v) is 3.26. The molecule has 0 aliphatic heterocycles. The van der Waals surface area contributed by atoms with E-state index in [2.05, 4.69) is 10.5 Å². The number of para-hydroxylation sites is 1. The van der Waals surface area contributed by atoms with Gasteiger partial charge >= 0.3 is 5.97 Å². The third kappa shape index (κ3) is 6.33. The van der Waals surface area contributed by atoms with E-state index in [0.29, 0.717) is 11.3 Å². The number of methoxy groups -OCH3 is 1. The van der Waals surface area contributed by atoms with Crippen LogP contribution in [0.15, 0.2) is 109 Å². The van der Waals surface area contributed by atoms with Crippen molar-refractivity contribution in [1.29, 1.82) is 0 Å². The first kappa shape index (κ1) is 23.3. The number of amides is 1. The smallest absolute Gasteiger partial charge is 0.336 e. The predicted octanol–water partition coefficient (Wildman–Crippen LogP) is 4.87. The van der Waals surface area contributed by atoms with Gasteiger partial charge in [0.15, 0.2) is 0 Å². The van der Waals surface area contributed by atoms with Crippen LogP contribution in [-0.4, -0.2) is 29.8 Å². The molecule has 0 fully saturated rings. The minimum atomic E-state index is -0.490. The number of ether oxygens (including phenoxy) is 2. The van der Waals surface area contributed by atoms with Crippen molar-refractivity contribution >= 4 is 24.2 Å². The highest BCUT2D eigenvalue weighted by Gasteiger charge is 2.11. The predicted molar refractivity (Wildman–Crippen MR) is 135 cm³/mol. The van der Waals surface area contributed by atoms with Crippen LogP contribution in [0.4, 0.5) is 0 Å². The highest BCUT2D eigenvalue weighted by atomic mass is 16.5. The Morgan fingerprint density at radius 1 is 0.829 bits per heavy atom. The van der Waals surface area contributed by atoms with Gasteiger partial charge in [-0.3, -0.25) is 4.79 Å². The Morgan fingerprint density at radius 3 is 2.20 bits per heavy atom. The third-order valence-corrected chi connectivity index (χ3v) is 5.04. The molecule has 174 valence electrons. The summed E-state index contributed by atoms with van der Waals surface area (Å²) in [6, 6.07) is 25.2. The topological polar surface area (TPSA) is 81.9 Å². The summed E-state index contributed by atoms with van der Waals surface area (Å²) in [7, 11) is 1.60. The number of hydrogen-bond donors (Lipinski definition) is 1. The maximum atomic E-state index is 12.6. The molecule has 4 aromatic rings. The Labute approximate surface area is 202 Å². The summed E-state index contributed by atoms with van der Waals surface area (Å²) in [5, 5.41) is 4.04. The Bertz CT molecular complexity index is 1340. The van der Waals surface area contributed by atoms with Gasteiger partial charge in [0.25, 0.3) is 5.91 Å². The van der Waals surface area contributed by atoms with E-state index in [-0.39, 0.29) is 5.91 Å². The molecule has 0 aliphatic carbocycles. The summed E-state index contributed by atoms with van der Waals surface area (Å²) in [5.74, 6) is 0.335. The van der Waals surface area contributed by atoms with E-state index in [1.54, 1.807) is 49.6 Å². The molecule has 0 spiro atoms. The van der Waals surface area contributed by atoms with Gasteiger partial charge in [0, 0.05) is 18.5 Å². The van der Waals surface area contributed by atoms with Crippen molar-refractivity contribution in [2.24, 2.45) is 5.10 Å². The molecule has 0 atom stereocenters. The van der Waals surface area contributed by atoms with Crippen LogP contribution in [-0.2, 0) is 4.79 Å². The highest BCUT2D eigenvalue weighted by molar-refractivity contribution is 5.98. The lowest BCUT2D eigenvalue weighted by molar-refractivity contribution is -0.128. The van der Waals surface area contributed by atoms with E-state index >= 15 is 0 Å². The minimum absolute atomic E-state index is 0.320. The average molecular weight is 466 g/mol. The fraction of sp³-hybridized carbons (Fsp3) is 0.0357. The van der Waals surface area contributed by atoms with Gasteiger partial charge in [0.2, 0.25) is 0 Å². The number of carbonyl (C=O) groups excluding carboxylic acids is 2. The van der Waals surface area contributed by atoms with Crippen molar-refractivity contribution in [3.63, 3.8) is 0 Å². The van der Waals surface area contributed by atoms with Crippen molar-refractivity contribution in [2.75, 3.05) is 7.11 Å². The molecule has 1 aromatic heterocycles. The van der Waals surface area contributed by atoms with Gasteiger partial charge in [-0.05, 0) is 77.9 Å². The molecule has 1 amide bonds. The van der Waals surface area contributed by atoms with Crippen LogP contribution < -0.4 is 14.9 Å². The number of nitrogens with zero attached hydrogens (tertiary/aromatic N) is 2. The molecule has 35 heavy (non-hydrogen) atoms. The number of hydrazone groups is 1. The summed E-state index contributed by atoms with van der Waals surface area (Å²) >= 11 is 0. The van der Waals surface area contributed by atoms with Crippen LogP contribution >= 0.6 is 0 Å². The zero-order valence-corrected chi connectivity index (χ0v) is 19.0. The molecule has 7 heteroatoms. The second kappa shape index (κ2) is 11.3. The number of esters is 1. The lowest BCUT2D eigenvalue weighted by atomic mass is 10.1. The van der Waals surface area contributed by atoms with Crippen molar-refractivity contribution < 1.29 is 19.1 Å². The van der Waals surface area contributed by atoms with Gasteiger partial charge in [0.05, 0.1) is 24.6 Å². The van der Waals surface area contributed by atoms with Gasteiger partial charge in [0.1, 0.15) is 11.5 Å². The molecule has 0 unspecified atom stereocenters.